The summed E-state index contributed by atoms with van der Waals surface area (Å²) in [5.41, 5.74) is 7.45. The number of aromatic hydroxyl groups is 1. The molecule has 104 valence electrons. The molecule has 2 rings (SSSR count). The van der Waals surface area contributed by atoms with E-state index in [0.717, 1.165) is 0 Å². The summed E-state index contributed by atoms with van der Waals surface area (Å²) in [4.78, 5) is 13.7. The summed E-state index contributed by atoms with van der Waals surface area (Å²) in [5.74, 6) is -0.0752. The van der Waals surface area contributed by atoms with Gasteiger partial charge < -0.3 is 15.7 Å². The van der Waals surface area contributed by atoms with Crippen LogP contribution < -0.4 is 10.6 Å². The fourth-order valence-corrected chi connectivity index (χ4v) is 2.05. The van der Waals surface area contributed by atoms with Crippen LogP contribution in [0.15, 0.2) is 42.5 Å². The van der Waals surface area contributed by atoms with Gasteiger partial charge in [-0.3, -0.25) is 4.79 Å². The lowest BCUT2D eigenvalue weighted by Crippen LogP contribution is -2.28. The number of carbonyl (C=O) groups excluding carboxylic acids is 1. The molecule has 0 fully saturated rings. The van der Waals surface area contributed by atoms with Gasteiger partial charge in [-0.1, -0.05) is 29.8 Å². The number of likely N-dealkylation sites (N-methyl/N-ethyl adjacent to an activating group) is 1. The molecular weight excluding hydrogens is 276 g/mol. The number of nitrogen functional groups attached to an aromatic ring is 1. The first-order valence-corrected chi connectivity index (χ1v) is 6.45. The zero-order valence-corrected chi connectivity index (χ0v) is 11.8. The Balaban J connectivity index is 2.21. The molecule has 0 radical (unpaired) electrons. The Morgan fingerprint density at radius 3 is 2.70 bits per heavy atom. The van der Waals surface area contributed by atoms with Crippen molar-refractivity contribution in [3.05, 3.63) is 53.1 Å². The van der Waals surface area contributed by atoms with E-state index < -0.39 is 0 Å². The van der Waals surface area contributed by atoms with Crippen LogP contribution in [-0.2, 0) is 11.2 Å². The lowest BCUT2D eigenvalue weighted by atomic mass is 10.1. The molecule has 0 aliphatic heterocycles. The number of rotatable bonds is 3. The molecule has 3 N–H and O–H groups in total. The molecule has 0 atom stereocenters. The molecule has 4 nitrogen and oxygen atoms in total. The van der Waals surface area contributed by atoms with E-state index >= 15 is 0 Å². The molecule has 0 unspecified atom stereocenters. The fourth-order valence-electron chi connectivity index (χ4n) is 1.88. The number of benzene rings is 2. The average molecular weight is 291 g/mol. The first-order chi connectivity index (χ1) is 9.49. The van der Waals surface area contributed by atoms with Crippen LogP contribution in [0.25, 0.3) is 0 Å². The summed E-state index contributed by atoms with van der Waals surface area (Å²) in [6.07, 6.45) is 0.0924. The highest BCUT2D eigenvalue weighted by Crippen LogP contribution is 2.27. The van der Waals surface area contributed by atoms with Gasteiger partial charge in [-0.2, -0.15) is 0 Å². The number of carbonyl (C=O) groups is 1. The van der Waals surface area contributed by atoms with E-state index in [9.17, 15) is 9.90 Å². The lowest BCUT2D eigenvalue weighted by Gasteiger charge is -2.19. The topological polar surface area (TPSA) is 66.6 Å². The Bertz CT molecular complexity index is 644. The van der Waals surface area contributed by atoms with Gasteiger partial charge in [0, 0.05) is 17.6 Å². The van der Waals surface area contributed by atoms with Gasteiger partial charge >= 0.3 is 0 Å². The Labute approximate surface area is 122 Å². The van der Waals surface area contributed by atoms with E-state index in [2.05, 4.69) is 0 Å². The fraction of sp³-hybridized carbons (Fsp3) is 0.133. The summed E-state index contributed by atoms with van der Waals surface area (Å²) < 4.78 is 0. The highest BCUT2D eigenvalue weighted by Gasteiger charge is 2.15. The van der Waals surface area contributed by atoms with Crippen LogP contribution in [0, 0.1) is 0 Å². The number of hydrogen-bond donors (Lipinski definition) is 2. The predicted molar refractivity (Wildman–Crippen MR) is 81.1 cm³/mol. The van der Waals surface area contributed by atoms with Crippen LogP contribution in [-0.4, -0.2) is 18.1 Å². The highest BCUT2D eigenvalue weighted by molar-refractivity contribution is 6.31. The molecule has 0 aromatic heterocycles. The summed E-state index contributed by atoms with van der Waals surface area (Å²) >= 11 is 5.92. The molecule has 5 heteroatoms. The number of para-hydroxylation sites is 1. The van der Waals surface area contributed by atoms with Crippen LogP contribution >= 0.6 is 11.6 Å². The number of phenolic OH excluding ortho intramolecular Hbond substituents is 1. The van der Waals surface area contributed by atoms with Crippen molar-refractivity contribution in [1.82, 2.24) is 0 Å². The van der Waals surface area contributed by atoms with Crippen molar-refractivity contribution in [2.75, 3.05) is 17.7 Å². The zero-order chi connectivity index (χ0) is 14.7. The first kappa shape index (κ1) is 14.2. The molecule has 20 heavy (non-hydrogen) atoms. The van der Waals surface area contributed by atoms with Crippen molar-refractivity contribution in [3.63, 3.8) is 0 Å². The molecule has 0 bridgehead atoms. The molecule has 0 aliphatic rings. The van der Waals surface area contributed by atoms with E-state index in [0.29, 0.717) is 22.0 Å². The van der Waals surface area contributed by atoms with E-state index in [1.807, 2.05) is 0 Å². The normalized spacial score (nSPS) is 10.3. The number of anilines is 2. The summed E-state index contributed by atoms with van der Waals surface area (Å²) in [5, 5.41) is 10.2. The molecule has 2 aromatic carbocycles. The lowest BCUT2D eigenvalue weighted by molar-refractivity contribution is -0.117. The van der Waals surface area contributed by atoms with Gasteiger partial charge in [0.15, 0.2) is 0 Å². The van der Waals surface area contributed by atoms with E-state index in [4.69, 9.17) is 17.3 Å². The smallest absolute Gasteiger partial charge is 0.231 e. The maximum Gasteiger partial charge on any atom is 0.231 e. The van der Waals surface area contributed by atoms with Gasteiger partial charge in [-0.15, -0.1) is 0 Å². The zero-order valence-electron chi connectivity index (χ0n) is 11.0. The maximum atomic E-state index is 12.2. The molecule has 0 heterocycles. The summed E-state index contributed by atoms with van der Waals surface area (Å²) in [6.45, 7) is 0. The molecule has 1 amide bonds. The van der Waals surface area contributed by atoms with Gasteiger partial charge in [0.2, 0.25) is 5.91 Å². The predicted octanol–water partition coefficient (Wildman–Crippen LogP) is 2.83. The number of hydrogen-bond acceptors (Lipinski definition) is 3. The minimum absolute atomic E-state index is 0.0924. The molecule has 0 saturated carbocycles. The number of nitrogens with two attached hydrogens (primary N) is 1. The van der Waals surface area contributed by atoms with Gasteiger partial charge in [-0.05, 0) is 24.3 Å². The minimum atomic E-state index is -0.180. The number of phenols is 1. The molecular formula is C15H15ClN2O2. The second-order valence-corrected chi connectivity index (χ2v) is 4.90. The van der Waals surface area contributed by atoms with Crippen molar-refractivity contribution in [2.24, 2.45) is 0 Å². The number of halogens is 1. The Kier molecular flexibility index (Phi) is 4.15. The quantitative estimate of drug-likeness (QED) is 0.854. The Hall–Kier alpha value is -2.20. The van der Waals surface area contributed by atoms with Crippen molar-refractivity contribution >= 4 is 28.9 Å². The van der Waals surface area contributed by atoms with Crippen molar-refractivity contribution in [3.8, 4) is 5.75 Å². The number of nitrogens with zero attached hydrogens (tertiary/aromatic N) is 1. The average Bonchev–Trinajstić information content (AvgIpc) is 2.43. The van der Waals surface area contributed by atoms with Crippen LogP contribution in [0.1, 0.15) is 5.56 Å². The standard InChI is InChI=1S/C15H15ClN2O2/c1-18(13-9-11(16)6-7-12(13)17)15(20)8-10-4-2-3-5-14(10)19/h2-7,9,19H,8,17H2,1H3. The van der Waals surface area contributed by atoms with E-state index in [1.54, 1.807) is 49.5 Å². The van der Waals surface area contributed by atoms with Crippen LogP contribution in [0.2, 0.25) is 5.02 Å². The van der Waals surface area contributed by atoms with Crippen LogP contribution in [0.4, 0.5) is 11.4 Å². The van der Waals surface area contributed by atoms with Crippen molar-refractivity contribution in [2.45, 2.75) is 6.42 Å². The molecule has 2 aromatic rings. The maximum absolute atomic E-state index is 12.2. The van der Waals surface area contributed by atoms with Gasteiger partial charge in [0.05, 0.1) is 17.8 Å². The van der Waals surface area contributed by atoms with Gasteiger partial charge in [-0.25, -0.2) is 0 Å². The minimum Gasteiger partial charge on any atom is -0.508 e. The Morgan fingerprint density at radius 2 is 2.00 bits per heavy atom. The highest BCUT2D eigenvalue weighted by atomic mass is 35.5. The van der Waals surface area contributed by atoms with Gasteiger partial charge in [0.1, 0.15) is 5.75 Å². The second-order valence-electron chi connectivity index (χ2n) is 4.46. The first-order valence-electron chi connectivity index (χ1n) is 6.07. The Morgan fingerprint density at radius 1 is 1.30 bits per heavy atom. The van der Waals surface area contributed by atoms with E-state index in [-0.39, 0.29) is 18.1 Å². The summed E-state index contributed by atoms with van der Waals surface area (Å²) in [7, 11) is 1.63. The SMILES string of the molecule is CN(C(=O)Cc1ccccc1O)c1cc(Cl)ccc1N. The molecule has 0 aliphatic carbocycles. The third-order valence-electron chi connectivity index (χ3n) is 3.06. The van der Waals surface area contributed by atoms with Crippen LogP contribution in [0.3, 0.4) is 0 Å². The van der Waals surface area contributed by atoms with Gasteiger partial charge in [0.25, 0.3) is 0 Å². The third-order valence-corrected chi connectivity index (χ3v) is 3.30. The molecule has 0 spiro atoms. The largest absolute Gasteiger partial charge is 0.508 e. The van der Waals surface area contributed by atoms with Crippen molar-refractivity contribution < 1.29 is 9.90 Å². The van der Waals surface area contributed by atoms with Crippen LogP contribution in [0.5, 0.6) is 5.75 Å². The second kappa shape index (κ2) is 5.84. The third kappa shape index (κ3) is 3.03. The van der Waals surface area contributed by atoms with Crippen molar-refractivity contribution in [1.29, 1.82) is 0 Å². The number of amides is 1. The van der Waals surface area contributed by atoms with E-state index in [1.165, 1.54) is 4.90 Å². The summed E-state index contributed by atoms with van der Waals surface area (Å²) in [6, 6.07) is 11.7. The molecule has 0 saturated heterocycles. The monoisotopic (exact) mass is 290 g/mol.